The van der Waals surface area contributed by atoms with E-state index >= 15 is 0 Å². The van der Waals surface area contributed by atoms with Crippen LogP contribution in [0.4, 0.5) is 8.78 Å². The Labute approximate surface area is 250 Å². The summed E-state index contributed by atoms with van der Waals surface area (Å²) in [5, 5.41) is 4.44. The lowest BCUT2D eigenvalue weighted by molar-refractivity contribution is 0.0174. The van der Waals surface area contributed by atoms with Crippen LogP contribution >= 0.6 is 0 Å². The van der Waals surface area contributed by atoms with Crippen LogP contribution in [0.1, 0.15) is 86.6 Å². The van der Waals surface area contributed by atoms with Gasteiger partial charge in [0.2, 0.25) is 0 Å². The number of alkyl halides is 2. The first-order valence-corrected chi connectivity index (χ1v) is 15.1. The normalized spacial score (nSPS) is 14.8. The summed E-state index contributed by atoms with van der Waals surface area (Å²) in [4.78, 5) is 18.8. The van der Waals surface area contributed by atoms with Gasteiger partial charge in [-0.25, -0.2) is 8.78 Å². The van der Waals surface area contributed by atoms with Gasteiger partial charge in [-0.2, -0.15) is 0 Å². The van der Waals surface area contributed by atoms with Gasteiger partial charge in [-0.15, -0.1) is 0 Å². The van der Waals surface area contributed by atoms with Gasteiger partial charge in [0.15, 0.2) is 0 Å². The number of halogens is 2. The van der Waals surface area contributed by atoms with Gasteiger partial charge in [-0.05, 0) is 73.9 Å². The predicted molar refractivity (Wildman–Crippen MR) is 169 cm³/mol. The summed E-state index contributed by atoms with van der Waals surface area (Å²) < 4.78 is 30.5. The Morgan fingerprint density at radius 2 is 1.81 bits per heavy atom. The molecular weight excluding hydrogens is 532 g/mol. The lowest BCUT2D eigenvalue weighted by atomic mass is 10.0. The van der Waals surface area contributed by atoms with Crippen molar-refractivity contribution in [3.63, 3.8) is 0 Å². The number of nitrogens with zero attached hydrogens (tertiary/aromatic N) is 1. The van der Waals surface area contributed by atoms with E-state index in [0.717, 1.165) is 81.7 Å². The zero-order valence-corrected chi connectivity index (χ0v) is 25.9. The van der Waals surface area contributed by atoms with Crippen LogP contribution in [0.5, 0.6) is 0 Å². The van der Waals surface area contributed by atoms with Crippen molar-refractivity contribution in [2.75, 3.05) is 19.6 Å². The molecule has 42 heavy (non-hydrogen) atoms. The molecule has 2 heterocycles. The molecule has 0 unspecified atom stereocenters. The number of aromatic amines is 1. The number of benzene rings is 2. The number of aryl methyl sites for hydroxylation is 3. The number of piperidine rings is 1. The van der Waals surface area contributed by atoms with Crippen molar-refractivity contribution >= 4 is 16.8 Å². The third kappa shape index (κ3) is 9.28. The summed E-state index contributed by atoms with van der Waals surface area (Å²) in [7, 11) is 0. The van der Waals surface area contributed by atoms with Crippen molar-refractivity contribution in [2.24, 2.45) is 0 Å². The second kappa shape index (κ2) is 15.7. The maximum Gasteiger partial charge on any atom is 0.270 e. The highest BCUT2D eigenvalue weighted by Gasteiger charge is 2.24. The zero-order chi connectivity index (χ0) is 30.7. The molecule has 1 aromatic heterocycles. The van der Waals surface area contributed by atoms with Gasteiger partial charge in [-0.3, -0.25) is 9.69 Å². The molecule has 0 radical (unpaired) electrons. The minimum atomic E-state index is -2.72. The molecule has 7 heteroatoms. The Bertz CT molecular complexity index is 1330. The molecule has 1 aliphatic heterocycles. The molecule has 0 saturated carbocycles. The van der Waals surface area contributed by atoms with Crippen LogP contribution < -0.4 is 5.32 Å². The van der Waals surface area contributed by atoms with E-state index in [1.165, 1.54) is 40.6 Å². The maximum absolute atomic E-state index is 12.9. The average Bonchev–Trinajstić information content (AvgIpc) is 3.33. The van der Waals surface area contributed by atoms with Gasteiger partial charge in [-0.1, -0.05) is 58.0 Å². The number of fused-ring (bicyclic) bond motifs is 1. The first-order chi connectivity index (χ1) is 20.1. The molecule has 5 nitrogen and oxygen atoms in total. The zero-order valence-electron chi connectivity index (χ0n) is 25.9. The fourth-order valence-electron chi connectivity index (χ4n) is 5.40. The Morgan fingerprint density at radius 1 is 1.12 bits per heavy atom. The average molecular weight is 580 g/mol. The van der Waals surface area contributed by atoms with Crippen molar-refractivity contribution in [3.8, 4) is 0 Å². The quantitative estimate of drug-likeness (QED) is 0.225. The Kier molecular flexibility index (Phi) is 12.3. The molecule has 2 N–H and O–H groups in total. The Morgan fingerprint density at radius 3 is 2.38 bits per heavy atom. The lowest BCUT2D eigenvalue weighted by Gasteiger charge is -2.32. The smallest absolute Gasteiger partial charge is 0.270 e. The third-order valence-electron chi connectivity index (χ3n) is 7.74. The number of hydrogen-bond acceptors (Lipinski definition) is 3. The van der Waals surface area contributed by atoms with E-state index < -0.39 is 5.92 Å². The highest BCUT2D eigenvalue weighted by Crippen LogP contribution is 2.27. The van der Waals surface area contributed by atoms with Crippen molar-refractivity contribution in [2.45, 2.75) is 85.1 Å². The molecule has 0 aliphatic carbocycles. The van der Waals surface area contributed by atoms with Crippen LogP contribution in [0.15, 0.2) is 67.1 Å². The van der Waals surface area contributed by atoms with Crippen LogP contribution in [0.3, 0.4) is 0 Å². The SMILES string of the molecule is C=CO/C=C(\C)CN1CCC(NC(=O)c2ccc3[nH]c(CCC)c(CC)c3c2)CC1.CCc1ccc(C(C)(F)F)cc1. The van der Waals surface area contributed by atoms with Gasteiger partial charge >= 0.3 is 0 Å². The van der Waals surface area contributed by atoms with E-state index in [2.05, 4.69) is 48.6 Å². The number of aromatic nitrogens is 1. The summed E-state index contributed by atoms with van der Waals surface area (Å²) in [5.74, 6) is -2.68. The van der Waals surface area contributed by atoms with E-state index in [0.29, 0.717) is 0 Å². The fourth-order valence-corrected chi connectivity index (χ4v) is 5.40. The summed E-state index contributed by atoms with van der Waals surface area (Å²) in [6.07, 6.45) is 9.14. The molecule has 1 aliphatic rings. The number of H-pyrrole nitrogens is 1. The molecule has 0 spiro atoms. The van der Waals surface area contributed by atoms with Crippen molar-refractivity contribution in [1.82, 2.24) is 15.2 Å². The summed E-state index contributed by atoms with van der Waals surface area (Å²) >= 11 is 0. The van der Waals surface area contributed by atoms with Crippen LogP contribution in [-0.4, -0.2) is 41.5 Å². The molecule has 2 aromatic carbocycles. The molecule has 1 fully saturated rings. The number of nitrogens with one attached hydrogen (secondary N) is 2. The Balaban J connectivity index is 0.000000337. The molecule has 1 amide bonds. The summed E-state index contributed by atoms with van der Waals surface area (Å²) in [6, 6.07) is 12.7. The van der Waals surface area contributed by atoms with Gasteiger partial charge in [0.1, 0.15) is 0 Å². The van der Waals surface area contributed by atoms with Gasteiger partial charge in [0.25, 0.3) is 11.8 Å². The molecule has 4 rings (SSSR count). The lowest BCUT2D eigenvalue weighted by Crippen LogP contribution is -2.45. The highest BCUT2D eigenvalue weighted by atomic mass is 19.3. The van der Waals surface area contributed by atoms with Gasteiger partial charge in [0, 0.05) is 60.3 Å². The minimum absolute atomic E-state index is 0.0334. The minimum Gasteiger partial charge on any atom is -0.473 e. The van der Waals surface area contributed by atoms with Crippen LogP contribution in [0.2, 0.25) is 0 Å². The first-order valence-electron chi connectivity index (χ1n) is 15.1. The predicted octanol–water partition coefficient (Wildman–Crippen LogP) is 8.30. The van der Waals surface area contributed by atoms with Crippen LogP contribution in [-0.2, 0) is 29.9 Å². The second-order valence-corrected chi connectivity index (χ2v) is 11.2. The number of ether oxygens (including phenoxy) is 1. The van der Waals surface area contributed by atoms with Crippen LogP contribution in [0, 0.1) is 0 Å². The van der Waals surface area contributed by atoms with Crippen molar-refractivity contribution in [1.29, 1.82) is 0 Å². The van der Waals surface area contributed by atoms with Gasteiger partial charge < -0.3 is 15.0 Å². The maximum atomic E-state index is 12.9. The first kappa shape index (κ1) is 33.1. The largest absolute Gasteiger partial charge is 0.473 e. The summed E-state index contributed by atoms with van der Waals surface area (Å²) in [5.41, 5.74) is 6.88. The van der Waals surface area contributed by atoms with E-state index in [1.807, 2.05) is 19.1 Å². The fraction of sp³-hybridized carbons (Fsp3) is 0.457. The van der Waals surface area contributed by atoms with Crippen LogP contribution in [0.25, 0.3) is 10.9 Å². The van der Waals surface area contributed by atoms with Crippen molar-refractivity contribution < 1.29 is 18.3 Å². The molecule has 1 saturated heterocycles. The number of hydrogen-bond donors (Lipinski definition) is 2. The highest BCUT2D eigenvalue weighted by molar-refractivity contribution is 5.99. The monoisotopic (exact) mass is 579 g/mol. The number of carbonyl (C=O) groups is 1. The van der Waals surface area contributed by atoms with E-state index in [-0.39, 0.29) is 17.5 Å². The molecular formula is C35H47F2N3O2. The molecule has 228 valence electrons. The topological polar surface area (TPSA) is 57.4 Å². The number of rotatable bonds is 11. The third-order valence-corrected chi connectivity index (χ3v) is 7.74. The molecule has 0 atom stereocenters. The molecule has 3 aromatic rings. The second-order valence-electron chi connectivity index (χ2n) is 11.2. The number of amides is 1. The van der Waals surface area contributed by atoms with E-state index in [4.69, 9.17) is 4.74 Å². The Hall–Kier alpha value is -3.45. The van der Waals surface area contributed by atoms with Gasteiger partial charge in [0.05, 0.1) is 12.5 Å². The number of carbonyl (C=O) groups excluding carboxylic acids is 1. The number of likely N-dealkylation sites (tertiary alicyclic amines) is 1. The van der Waals surface area contributed by atoms with E-state index in [9.17, 15) is 13.6 Å². The van der Waals surface area contributed by atoms with E-state index in [1.54, 1.807) is 18.4 Å². The summed E-state index contributed by atoms with van der Waals surface area (Å²) in [6.45, 7) is 15.7. The standard InChI is InChI=1S/C25H35N3O2.C10H12F2/c1-5-8-23-21(6-2)22-15-19(9-10-24(22)27-23)25(29)26-20-11-13-28(14-12-20)16-18(4)17-30-7-3;1-3-8-4-6-9(7-5-8)10(2,11)12/h7,9-10,15,17,20,27H,3,5-6,8,11-14,16H2,1-2,4H3,(H,26,29);4-7H,3H2,1-2H3/b18-17+;. The van der Waals surface area contributed by atoms with Crippen molar-refractivity contribution in [3.05, 3.63) is 95.1 Å². The molecule has 0 bridgehead atoms.